The minimum atomic E-state index is 0.581. The molecular weight excluding hydrogens is 150 g/mol. The largest absolute Gasteiger partial charge is 0.372 e. The Morgan fingerprint density at radius 2 is 2.25 bits per heavy atom. The van der Waals surface area contributed by atoms with Crippen LogP contribution in [0.4, 0.5) is 0 Å². The van der Waals surface area contributed by atoms with Crippen LogP contribution in [0.1, 0.15) is 32.6 Å². The number of nitrogens with zero attached hydrogens (tertiary/aromatic N) is 1. The van der Waals surface area contributed by atoms with E-state index < -0.39 is 0 Å². The van der Waals surface area contributed by atoms with Gasteiger partial charge >= 0.3 is 0 Å². The first-order valence-corrected chi connectivity index (χ1v) is 5.26. The number of likely N-dealkylation sites (tertiary alicyclic amines) is 1. The number of piperidine rings is 1. The van der Waals surface area contributed by atoms with Gasteiger partial charge in [-0.05, 0) is 25.8 Å². The molecule has 2 aliphatic heterocycles. The van der Waals surface area contributed by atoms with Gasteiger partial charge in [-0.3, -0.25) is 4.90 Å². The van der Waals surface area contributed by atoms with Gasteiger partial charge in [0.05, 0.1) is 12.7 Å². The van der Waals surface area contributed by atoms with Gasteiger partial charge in [0.25, 0.3) is 0 Å². The van der Waals surface area contributed by atoms with Crippen LogP contribution in [0, 0.1) is 0 Å². The maximum Gasteiger partial charge on any atom is 0.0936 e. The monoisotopic (exact) mass is 169 g/mol. The third-order valence-corrected chi connectivity index (χ3v) is 3.06. The van der Waals surface area contributed by atoms with Crippen LogP contribution in [0.2, 0.25) is 0 Å². The Kier molecular flexibility index (Phi) is 2.66. The summed E-state index contributed by atoms with van der Waals surface area (Å²) >= 11 is 0. The smallest absolute Gasteiger partial charge is 0.0936 e. The average molecular weight is 169 g/mol. The lowest BCUT2D eigenvalue weighted by molar-refractivity contribution is 0.132. The lowest BCUT2D eigenvalue weighted by Crippen LogP contribution is -2.41. The van der Waals surface area contributed by atoms with E-state index in [4.69, 9.17) is 4.74 Å². The van der Waals surface area contributed by atoms with Crippen molar-refractivity contribution in [3.8, 4) is 0 Å². The molecule has 0 bridgehead atoms. The second-order valence-electron chi connectivity index (χ2n) is 4.01. The highest BCUT2D eigenvalue weighted by atomic mass is 16.6. The molecule has 0 aliphatic carbocycles. The molecule has 0 N–H and O–H groups in total. The second-order valence-corrected chi connectivity index (χ2v) is 4.01. The summed E-state index contributed by atoms with van der Waals surface area (Å²) in [6.07, 6.45) is 6.12. The van der Waals surface area contributed by atoms with Crippen molar-refractivity contribution in [2.45, 2.75) is 44.8 Å². The van der Waals surface area contributed by atoms with E-state index in [1.807, 2.05) is 0 Å². The van der Waals surface area contributed by atoms with Gasteiger partial charge in [-0.15, -0.1) is 0 Å². The maximum absolute atomic E-state index is 5.26. The molecule has 70 valence electrons. The zero-order chi connectivity index (χ0) is 8.39. The van der Waals surface area contributed by atoms with Crippen LogP contribution in [0.25, 0.3) is 0 Å². The molecule has 0 aromatic heterocycles. The fourth-order valence-electron chi connectivity index (χ4n) is 2.20. The Morgan fingerprint density at radius 1 is 1.42 bits per heavy atom. The average Bonchev–Trinajstić information content (AvgIpc) is 2.89. The number of epoxide rings is 1. The molecule has 0 aromatic carbocycles. The predicted octanol–water partition coefficient (Wildman–Crippen LogP) is 1.65. The van der Waals surface area contributed by atoms with E-state index in [9.17, 15) is 0 Å². The molecule has 0 spiro atoms. The number of hydrogen-bond acceptors (Lipinski definition) is 2. The van der Waals surface area contributed by atoms with Crippen molar-refractivity contribution < 1.29 is 4.74 Å². The molecule has 2 atom stereocenters. The normalized spacial score (nSPS) is 36.8. The highest BCUT2D eigenvalue weighted by molar-refractivity contribution is 4.81. The van der Waals surface area contributed by atoms with Crippen LogP contribution in [0.5, 0.6) is 0 Å². The Balaban J connectivity index is 1.81. The molecule has 2 saturated heterocycles. The van der Waals surface area contributed by atoms with Gasteiger partial charge in [0, 0.05) is 12.6 Å². The third-order valence-electron chi connectivity index (χ3n) is 3.06. The lowest BCUT2D eigenvalue weighted by atomic mass is 10.00. The minimum absolute atomic E-state index is 0.581. The molecule has 2 heteroatoms. The highest BCUT2D eigenvalue weighted by Crippen LogP contribution is 2.22. The van der Waals surface area contributed by atoms with Crippen molar-refractivity contribution >= 4 is 0 Å². The Morgan fingerprint density at radius 3 is 2.92 bits per heavy atom. The van der Waals surface area contributed by atoms with E-state index in [1.54, 1.807) is 0 Å². The number of rotatable bonds is 3. The van der Waals surface area contributed by atoms with Crippen LogP contribution in [-0.4, -0.2) is 36.7 Å². The van der Waals surface area contributed by atoms with Gasteiger partial charge in [0.1, 0.15) is 0 Å². The Hall–Kier alpha value is -0.0800. The topological polar surface area (TPSA) is 15.8 Å². The summed E-state index contributed by atoms with van der Waals surface area (Å²) < 4.78 is 5.26. The number of hydrogen-bond donors (Lipinski definition) is 0. The zero-order valence-electron chi connectivity index (χ0n) is 7.96. The molecule has 2 nitrogen and oxygen atoms in total. The standard InChI is InChI=1S/C10H19NO/c1-2-9-5-3-4-6-11(9)7-10-8-12-10/h9-10H,2-8H2,1H3/t9-,10?/m0/s1. The van der Waals surface area contributed by atoms with Gasteiger partial charge in [-0.25, -0.2) is 0 Å². The molecule has 0 aromatic rings. The van der Waals surface area contributed by atoms with Crippen molar-refractivity contribution in [1.29, 1.82) is 0 Å². The molecule has 1 unspecified atom stereocenters. The van der Waals surface area contributed by atoms with E-state index in [-0.39, 0.29) is 0 Å². The van der Waals surface area contributed by atoms with Gasteiger partial charge in [0.15, 0.2) is 0 Å². The predicted molar refractivity (Wildman–Crippen MR) is 49.2 cm³/mol. The van der Waals surface area contributed by atoms with Crippen LogP contribution < -0.4 is 0 Å². The SMILES string of the molecule is CC[C@H]1CCCCN1CC1CO1. The molecular formula is C10H19NO. The summed E-state index contributed by atoms with van der Waals surface area (Å²) in [4.78, 5) is 2.63. The van der Waals surface area contributed by atoms with E-state index >= 15 is 0 Å². The van der Waals surface area contributed by atoms with Crippen molar-refractivity contribution in [2.24, 2.45) is 0 Å². The van der Waals surface area contributed by atoms with E-state index in [1.165, 1.54) is 38.8 Å². The summed E-state index contributed by atoms with van der Waals surface area (Å²) in [6.45, 7) is 5.81. The Bertz CT molecular complexity index is 145. The zero-order valence-corrected chi connectivity index (χ0v) is 7.96. The molecule has 0 radical (unpaired) electrons. The molecule has 0 saturated carbocycles. The first-order chi connectivity index (χ1) is 5.90. The van der Waals surface area contributed by atoms with Crippen LogP contribution in [0.15, 0.2) is 0 Å². The summed E-state index contributed by atoms with van der Waals surface area (Å²) in [5.41, 5.74) is 0. The van der Waals surface area contributed by atoms with Crippen molar-refractivity contribution in [1.82, 2.24) is 4.90 Å². The number of ether oxygens (including phenoxy) is 1. The molecule has 12 heavy (non-hydrogen) atoms. The van der Waals surface area contributed by atoms with Gasteiger partial charge in [-0.1, -0.05) is 13.3 Å². The second kappa shape index (κ2) is 3.75. The Labute approximate surface area is 74.9 Å². The van der Waals surface area contributed by atoms with Gasteiger partial charge in [-0.2, -0.15) is 0 Å². The van der Waals surface area contributed by atoms with Crippen LogP contribution in [0.3, 0.4) is 0 Å². The summed E-state index contributed by atoms with van der Waals surface area (Å²) in [5, 5.41) is 0. The quantitative estimate of drug-likeness (QED) is 0.597. The third kappa shape index (κ3) is 1.99. The summed E-state index contributed by atoms with van der Waals surface area (Å²) in [7, 11) is 0. The minimum Gasteiger partial charge on any atom is -0.372 e. The molecule has 2 rings (SSSR count). The first-order valence-electron chi connectivity index (χ1n) is 5.26. The van der Waals surface area contributed by atoms with Crippen LogP contribution in [-0.2, 0) is 4.74 Å². The van der Waals surface area contributed by atoms with Gasteiger partial charge < -0.3 is 4.74 Å². The van der Waals surface area contributed by atoms with Crippen molar-refractivity contribution in [3.05, 3.63) is 0 Å². The van der Waals surface area contributed by atoms with Crippen molar-refractivity contribution in [3.63, 3.8) is 0 Å². The summed E-state index contributed by atoms with van der Waals surface area (Å²) in [5.74, 6) is 0. The van der Waals surface area contributed by atoms with Crippen LogP contribution >= 0.6 is 0 Å². The van der Waals surface area contributed by atoms with E-state index in [0.717, 1.165) is 12.6 Å². The molecule has 2 aliphatic rings. The highest BCUT2D eigenvalue weighted by Gasteiger charge is 2.29. The fraction of sp³-hybridized carbons (Fsp3) is 1.00. The molecule has 0 amide bonds. The maximum atomic E-state index is 5.26. The van der Waals surface area contributed by atoms with E-state index in [0.29, 0.717) is 6.10 Å². The van der Waals surface area contributed by atoms with Crippen molar-refractivity contribution in [2.75, 3.05) is 19.7 Å². The van der Waals surface area contributed by atoms with E-state index in [2.05, 4.69) is 11.8 Å². The fourth-order valence-corrected chi connectivity index (χ4v) is 2.20. The summed E-state index contributed by atoms with van der Waals surface area (Å²) in [6, 6.07) is 0.850. The first kappa shape index (κ1) is 8.52. The van der Waals surface area contributed by atoms with Gasteiger partial charge in [0.2, 0.25) is 0 Å². The molecule has 2 heterocycles. The molecule has 2 fully saturated rings. The lowest BCUT2D eigenvalue weighted by Gasteiger charge is -2.34.